The number of carbonyl (C=O) groups excluding carboxylic acids is 4. The van der Waals surface area contributed by atoms with Crippen LogP contribution in [-0.2, 0) is 23.9 Å². The molecule has 0 bridgehead atoms. The predicted molar refractivity (Wildman–Crippen MR) is 137 cm³/mol. The fraction of sp³-hybridized carbons (Fsp3) is 0.600. The van der Waals surface area contributed by atoms with Crippen molar-refractivity contribution in [3.63, 3.8) is 0 Å². The lowest BCUT2D eigenvalue weighted by Crippen LogP contribution is -2.55. The molecule has 9 nitrogen and oxygen atoms in total. The molecule has 10 heteroatoms. The number of nitrogens with one attached hydrogen (secondary N) is 2. The molecule has 0 saturated heterocycles. The molecule has 1 rings (SSSR count). The number of thioether (sulfide) groups is 1. The van der Waals surface area contributed by atoms with Gasteiger partial charge < -0.3 is 25.0 Å². The Morgan fingerprint density at radius 1 is 1.11 bits per heavy atom. The van der Waals surface area contributed by atoms with E-state index in [4.69, 9.17) is 4.74 Å². The van der Waals surface area contributed by atoms with Crippen molar-refractivity contribution in [3.05, 3.63) is 35.9 Å². The van der Waals surface area contributed by atoms with E-state index in [1.807, 2.05) is 26.2 Å². The van der Waals surface area contributed by atoms with Crippen LogP contribution in [0.25, 0.3) is 0 Å². The lowest BCUT2D eigenvalue weighted by Gasteiger charge is -2.38. The van der Waals surface area contributed by atoms with Crippen LogP contribution in [0.5, 0.6) is 0 Å². The van der Waals surface area contributed by atoms with Crippen molar-refractivity contribution in [3.8, 4) is 0 Å². The monoisotopic (exact) mass is 509 g/mol. The summed E-state index contributed by atoms with van der Waals surface area (Å²) in [4.78, 5) is 53.0. The summed E-state index contributed by atoms with van der Waals surface area (Å²) in [7, 11) is 1.23. The van der Waals surface area contributed by atoms with Gasteiger partial charge >= 0.3 is 12.1 Å². The number of rotatable bonds is 12. The molecule has 3 unspecified atom stereocenters. The Kier molecular flexibility index (Phi) is 12.6. The van der Waals surface area contributed by atoms with E-state index in [2.05, 4.69) is 15.4 Å². The molecule has 0 aliphatic rings. The Morgan fingerprint density at radius 2 is 1.74 bits per heavy atom. The van der Waals surface area contributed by atoms with Crippen LogP contribution >= 0.6 is 11.8 Å². The second kappa shape index (κ2) is 14.6. The fourth-order valence-corrected chi connectivity index (χ4v) is 3.79. The van der Waals surface area contributed by atoms with Gasteiger partial charge in [0.15, 0.2) is 0 Å². The minimum Gasteiger partial charge on any atom is -0.468 e. The first-order chi connectivity index (χ1) is 16.4. The lowest BCUT2D eigenvalue weighted by atomic mass is 9.99. The number of benzene rings is 1. The van der Waals surface area contributed by atoms with E-state index in [-0.39, 0.29) is 12.6 Å². The third-order valence-electron chi connectivity index (χ3n) is 5.20. The Labute approximate surface area is 212 Å². The quantitative estimate of drug-likeness (QED) is 0.416. The molecule has 0 spiro atoms. The third-order valence-corrected chi connectivity index (χ3v) is 5.84. The molecule has 0 aromatic heterocycles. The molecular formula is C25H39N3O6S. The molecule has 0 saturated carbocycles. The van der Waals surface area contributed by atoms with Crippen molar-refractivity contribution < 1.29 is 28.7 Å². The van der Waals surface area contributed by atoms with E-state index >= 15 is 0 Å². The van der Waals surface area contributed by atoms with E-state index < -0.39 is 41.6 Å². The van der Waals surface area contributed by atoms with Gasteiger partial charge in [-0.05, 0) is 58.1 Å². The molecule has 1 aromatic rings. The zero-order chi connectivity index (χ0) is 26.6. The second-order valence-corrected chi connectivity index (χ2v) is 10.1. The van der Waals surface area contributed by atoms with Gasteiger partial charge in [-0.25, -0.2) is 4.79 Å². The third kappa shape index (κ3) is 10.2. The Bertz CT molecular complexity index is 843. The number of hydrogen-bond donors (Lipinski definition) is 2. The molecule has 0 aliphatic carbocycles. The summed E-state index contributed by atoms with van der Waals surface area (Å²) >= 11 is 1.54. The summed E-state index contributed by atoms with van der Waals surface area (Å²) in [6, 6.07) is 6.62. The standard InChI is InChI=1S/C25H39N3O6S/c1-8-17(2)28(23(31)19(14-15-35-7)27-24(32)34-25(3,4)5)21(18-12-10-9-11-13-18)22(30)26-16-20(29)33-6/h9-13,17,19,21H,8,14-16H2,1-7H3,(H,26,30)(H,27,32). The summed E-state index contributed by atoms with van der Waals surface area (Å²) in [5.41, 5.74) is -0.141. The van der Waals surface area contributed by atoms with E-state index in [1.54, 1.807) is 56.8 Å². The molecule has 196 valence electrons. The van der Waals surface area contributed by atoms with Crippen LogP contribution in [0, 0.1) is 0 Å². The number of amides is 3. The first-order valence-corrected chi connectivity index (χ1v) is 13.0. The molecule has 3 atom stereocenters. The number of alkyl carbamates (subject to hydrolysis) is 1. The molecule has 2 N–H and O–H groups in total. The Balaban J connectivity index is 3.41. The number of esters is 1. The molecule has 0 fully saturated rings. The van der Waals surface area contributed by atoms with E-state index in [1.165, 1.54) is 12.0 Å². The van der Waals surface area contributed by atoms with Gasteiger partial charge in [-0.1, -0.05) is 37.3 Å². The summed E-state index contributed by atoms with van der Waals surface area (Å²) in [5.74, 6) is -0.904. The van der Waals surface area contributed by atoms with Gasteiger partial charge in [0.25, 0.3) is 0 Å². The van der Waals surface area contributed by atoms with Gasteiger partial charge in [-0.3, -0.25) is 14.4 Å². The fourth-order valence-electron chi connectivity index (χ4n) is 3.32. The van der Waals surface area contributed by atoms with E-state index in [0.29, 0.717) is 24.2 Å². The summed E-state index contributed by atoms with van der Waals surface area (Å²) in [6.45, 7) is 8.67. The highest BCUT2D eigenvalue weighted by Gasteiger charge is 2.38. The van der Waals surface area contributed by atoms with Gasteiger partial charge in [-0.2, -0.15) is 11.8 Å². The number of ether oxygens (including phenoxy) is 2. The minimum absolute atomic E-state index is 0.326. The van der Waals surface area contributed by atoms with Gasteiger partial charge in [0.1, 0.15) is 24.2 Å². The zero-order valence-corrected chi connectivity index (χ0v) is 22.6. The van der Waals surface area contributed by atoms with Crippen LogP contribution in [-0.4, -0.2) is 72.1 Å². The maximum absolute atomic E-state index is 13.9. The van der Waals surface area contributed by atoms with Crippen LogP contribution < -0.4 is 10.6 Å². The van der Waals surface area contributed by atoms with Crippen molar-refractivity contribution in [1.29, 1.82) is 0 Å². The van der Waals surface area contributed by atoms with Crippen LogP contribution in [0.3, 0.4) is 0 Å². The van der Waals surface area contributed by atoms with Crippen molar-refractivity contribution in [1.82, 2.24) is 15.5 Å². The first-order valence-electron chi connectivity index (χ1n) is 11.6. The first kappa shape index (κ1) is 30.3. The average molecular weight is 510 g/mol. The number of hydrogen-bond acceptors (Lipinski definition) is 7. The van der Waals surface area contributed by atoms with Crippen molar-refractivity contribution >= 4 is 35.6 Å². The maximum Gasteiger partial charge on any atom is 0.408 e. The summed E-state index contributed by atoms with van der Waals surface area (Å²) in [6.07, 6.45) is 2.14. The lowest BCUT2D eigenvalue weighted by molar-refractivity contribution is -0.146. The Morgan fingerprint density at radius 3 is 2.26 bits per heavy atom. The predicted octanol–water partition coefficient (Wildman–Crippen LogP) is 3.29. The van der Waals surface area contributed by atoms with Crippen LogP contribution in [0.15, 0.2) is 30.3 Å². The molecule has 3 amide bonds. The van der Waals surface area contributed by atoms with Gasteiger partial charge in [0.05, 0.1) is 7.11 Å². The number of carbonyl (C=O) groups is 4. The molecule has 35 heavy (non-hydrogen) atoms. The summed E-state index contributed by atoms with van der Waals surface area (Å²) < 4.78 is 10.0. The van der Waals surface area contributed by atoms with Crippen molar-refractivity contribution in [2.24, 2.45) is 0 Å². The van der Waals surface area contributed by atoms with Crippen LogP contribution in [0.4, 0.5) is 4.79 Å². The van der Waals surface area contributed by atoms with Crippen molar-refractivity contribution in [2.45, 2.75) is 71.2 Å². The second-order valence-electron chi connectivity index (χ2n) is 9.09. The largest absolute Gasteiger partial charge is 0.468 e. The minimum atomic E-state index is -1.01. The van der Waals surface area contributed by atoms with Crippen LogP contribution in [0.2, 0.25) is 0 Å². The van der Waals surface area contributed by atoms with E-state index in [0.717, 1.165) is 0 Å². The summed E-state index contributed by atoms with van der Waals surface area (Å²) in [5, 5.41) is 5.28. The highest BCUT2D eigenvalue weighted by molar-refractivity contribution is 7.98. The van der Waals surface area contributed by atoms with E-state index in [9.17, 15) is 19.2 Å². The Hall–Kier alpha value is -2.75. The van der Waals surface area contributed by atoms with Gasteiger partial charge in [-0.15, -0.1) is 0 Å². The van der Waals surface area contributed by atoms with Gasteiger partial charge in [0, 0.05) is 6.04 Å². The number of nitrogens with zero attached hydrogens (tertiary/aromatic N) is 1. The highest BCUT2D eigenvalue weighted by atomic mass is 32.2. The van der Waals surface area contributed by atoms with Crippen LogP contribution in [0.1, 0.15) is 59.1 Å². The molecular weight excluding hydrogens is 470 g/mol. The smallest absolute Gasteiger partial charge is 0.408 e. The average Bonchev–Trinajstić information content (AvgIpc) is 2.81. The zero-order valence-electron chi connectivity index (χ0n) is 21.8. The SMILES string of the molecule is CCC(C)N(C(=O)C(CCSC)NC(=O)OC(C)(C)C)C(C(=O)NCC(=O)OC)c1ccccc1. The number of methoxy groups -OCH3 is 1. The topological polar surface area (TPSA) is 114 Å². The van der Waals surface area contributed by atoms with Gasteiger partial charge in [0.2, 0.25) is 11.8 Å². The molecule has 0 heterocycles. The molecule has 1 aromatic carbocycles. The molecule has 0 aliphatic heterocycles. The molecule has 0 radical (unpaired) electrons. The van der Waals surface area contributed by atoms with Crippen molar-refractivity contribution in [2.75, 3.05) is 25.7 Å². The maximum atomic E-state index is 13.9. The highest BCUT2D eigenvalue weighted by Crippen LogP contribution is 2.26. The normalized spacial score (nSPS) is 13.7.